The Morgan fingerprint density at radius 1 is 1.27 bits per heavy atom. The molecule has 2 N–H and O–H groups in total. The molecular formula is C18H28ClN3O4. The lowest BCUT2D eigenvalue weighted by molar-refractivity contribution is -0.138. The Morgan fingerprint density at radius 3 is 2.42 bits per heavy atom. The van der Waals surface area contributed by atoms with Crippen molar-refractivity contribution in [2.75, 3.05) is 45.2 Å². The first-order valence-electron chi connectivity index (χ1n) is 8.65. The second-order valence-corrected chi connectivity index (χ2v) is 6.32. The van der Waals surface area contributed by atoms with Crippen LogP contribution in [0.3, 0.4) is 0 Å². The monoisotopic (exact) mass is 385 g/mol. The number of halogens is 1. The molecule has 1 saturated heterocycles. The van der Waals surface area contributed by atoms with Crippen LogP contribution in [0.15, 0.2) is 24.3 Å². The molecule has 26 heavy (non-hydrogen) atoms. The Bertz CT molecular complexity index is 574. The number of anilines is 1. The average Bonchev–Trinajstić information content (AvgIpc) is 2.57. The van der Waals surface area contributed by atoms with Gasteiger partial charge in [-0.25, -0.2) is 0 Å². The van der Waals surface area contributed by atoms with Gasteiger partial charge in [0, 0.05) is 24.8 Å². The minimum Gasteiger partial charge on any atom is -0.494 e. The van der Waals surface area contributed by atoms with Crippen molar-refractivity contribution in [3.05, 3.63) is 24.3 Å². The molecule has 1 aromatic carbocycles. The lowest BCUT2D eigenvalue weighted by atomic mass is 10.0. The van der Waals surface area contributed by atoms with Gasteiger partial charge in [0.2, 0.25) is 5.91 Å². The van der Waals surface area contributed by atoms with Gasteiger partial charge < -0.3 is 15.2 Å². The van der Waals surface area contributed by atoms with Gasteiger partial charge in [-0.3, -0.25) is 19.4 Å². The Labute approximate surface area is 160 Å². The van der Waals surface area contributed by atoms with Gasteiger partial charge in [-0.05, 0) is 51.1 Å². The van der Waals surface area contributed by atoms with Gasteiger partial charge in [0.05, 0.1) is 19.7 Å². The minimum absolute atomic E-state index is 0. The van der Waals surface area contributed by atoms with E-state index in [0.717, 1.165) is 37.4 Å². The molecule has 0 aromatic heterocycles. The summed E-state index contributed by atoms with van der Waals surface area (Å²) in [6.45, 7) is 4.55. The molecule has 1 aromatic rings. The maximum absolute atomic E-state index is 12.2. The summed E-state index contributed by atoms with van der Waals surface area (Å²) in [5.74, 6) is -0.0609. The summed E-state index contributed by atoms with van der Waals surface area (Å²) in [6.07, 6.45) is 1.75. The van der Waals surface area contributed by atoms with E-state index >= 15 is 0 Å². The third kappa shape index (κ3) is 7.19. The van der Waals surface area contributed by atoms with Crippen LogP contribution in [-0.2, 0) is 9.59 Å². The van der Waals surface area contributed by atoms with E-state index in [2.05, 4.69) is 10.2 Å². The normalized spacial score (nSPS) is 15.3. The number of carbonyl (C=O) groups excluding carboxylic acids is 1. The lowest BCUT2D eigenvalue weighted by Crippen LogP contribution is -2.46. The summed E-state index contributed by atoms with van der Waals surface area (Å²) < 4.78 is 5.38. The zero-order valence-electron chi connectivity index (χ0n) is 15.3. The zero-order valence-corrected chi connectivity index (χ0v) is 16.1. The molecule has 1 fully saturated rings. The van der Waals surface area contributed by atoms with Crippen molar-refractivity contribution in [3.8, 4) is 5.75 Å². The Morgan fingerprint density at radius 2 is 1.88 bits per heavy atom. The largest absolute Gasteiger partial charge is 0.494 e. The molecule has 0 unspecified atom stereocenters. The topological polar surface area (TPSA) is 82.1 Å². The molecule has 7 nitrogen and oxygen atoms in total. The molecule has 0 bridgehead atoms. The number of likely N-dealkylation sites (tertiary alicyclic amines) is 1. The van der Waals surface area contributed by atoms with Gasteiger partial charge in [-0.1, -0.05) is 0 Å². The Hall–Kier alpha value is -1.83. The Kier molecular flexibility index (Phi) is 9.40. The highest BCUT2D eigenvalue weighted by Crippen LogP contribution is 2.17. The SMILES string of the molecule is CCOc1ccc(NC(=O)CN2CCC(N(C)CC(=O)O)CC2)cc1.Cl. The third-order valence-corrected chi connectivity index (χ3v) is 4.38. The zero-order chi connectivity index (χ0) is 18.2. The molecule has 0 radical (unpaired) electrons. The molecule has 0 atom stereocenters. The molecule has 1 aliphatic rings. The summed E-state index contributed by atoms with van der Waals surface area (Å²) in [5, 5.41) is 11.8. The van der Waals surface area contributed by atoms with Crippen LogP contribution in [0.5, 0.6) is 5.75 Å². The number of ether oxygens (including phenoxy) is 1. The van der Waals surface area contributed by atoms with Crippen molar-refractivity contribution in [1.82, 2.24) is 9.80 Å². The first-order valence-corrected chi connectivity index (χ1v) is 8.65. The summed E-state index contributed by atoms with van der Waals surface area (Å²) in [4.78, 5) is 26.9. The minimum atomic E-state index is -0.806. The number of nitrogens with one attached hydrogen (secondary N) is 1. The van der Waals surface area contributed by atoms with Crippen molar-refractivity contribution in [2.24, 2.45) is 0 Å². The smallest absolute Gasteiger partial charge is 0.317 e. The first-order chi connectivity index (χ1) is 12.0. The van der Waals surface area contributed by atoms with Gasteiger partial charge in [0.1, 0.15) is 5.75 Å². The highest BCUT2D eigenvalue weighted by Gasteiger charge is 2.24. The molecule has 146 valence electrons. The van der Waals surface area contributed by atoms with E-state index in [1.807, 2.05) is 43.1 Å². The van der Waals surface area contributed by atoms with Gasteiger partial charge >= 0.3 is 5.97 Å². The van der Waals surface area contributed by atoms with Crippen molar-refractivity contribution in [3.63, 3.8) is 0 Å². The number of piperidine rings is 1. The van der Waals surface area contributed by atoms with Crippen molar-refractivity contribution in [2.45, 2.75) is 25.8 Å². The van der Waals surface area contributed by atoms with Crippen LogP contribution in [-0.4, -0.2) is 72.7 Å². The number of hydrogen-bond donors (Lipinski definition) is 2. The Balaban J connectivity index is 0.00000338. The van der Waals surface area contributed by atoms with Crippen LogP contribution < -0.4 is 10.1 Å². The van der Waals surface area contributed by atoms with E-state index in [1.54, 1.807) is 0 Å². The molecule has 0 spiro atoms. The van der Waals surface area contributed by atoms with Crippen molar-refractivity contribution >= 4 is 30.0 Å². The summed E-state index contributed by atoms with van der Waals surface area (Å²) >= 11 is 0. The van der Waals surface area contributed by atoms with Crippen molar-refractivity contribution < 1.29 is 19.4 Å². The average molecular weight is 386 g/mol. The number of amides is 1. The lowest BCUT2D eigenvalue weighted by Gasteiger charge is -2.35. The second kappa shape index (κ2) is 11.0. The van der Waals surface area contributed by atoms with Gasteiger partial charge in [0.15, 0.2) is 0 Å². The molecule has 1 heterocycles. The predicted octanol–water partition coefficient (Wildman–Crippen LogP) is 1.93. The number of rotatable bonds is 8. The maximum Gasteiger partial charge on any atom is 0.317 e. The van der Waals surface area contributed by atoms with E-state index in [9.17, 15) is 9.59 Å². The van der Waals surface area contributed by atoms with Crippen molar-refractivity contribution in [1.29, 1.82) is 0 Å². The number of likely N-dealkylation sites (N-methyl/N-ethyl adjacent to an activating group) is 1. The maximum atomic E-state index is 12.2. The number of carboxylic acid groups (broad SMARTS) is 1. The number of nitrogens with zero attached hydrogens (tertiary/aromatic N) is 2. The van der Waals surface area contributed by atoms with Crippen LogP contribution in [0.25, 0.3) is 0 Å². The number of carboxylic acids is 1. The molecule has 1 amide bonds. The van der Waals surface area contributed by atoms with Gasteiger partial charge in [-0.15, -0.1) is 12.4 Å². The van der Waals surface area contributed by atoms with E-state index in [-0.39, 0.29) is 30.9 Å². The summed E-state index contributed by atoms with van der Waals surface area (Å²) in [5.41, 5.74) is 0.754. The number of hydrogen-bond acceptors (Lipinski definition) is 5. The number of aliphatic carboxylic acids is 1. The number of benzene rings is 1. The fraction of sp³-hybridized carbons (Fsp3) is 0.556. The molecule has 0 saturated carbocycles. The van der Waals surface area contributed by atoms with Crippen LogP contribution in [0.2, 0.25) is 0 Å². The fourth-order valence-corrected chi connectivity index (χ4v) is 3.07. The van der Waals surface area contributed by atoms with E-state index in [4.69, 9.17) is 9.84 Å². The van der Waals surface area contributed by atoms with Crippen LogP contribution in [0, 0.1) is 0 Å². The van der Waals surface area contributed by atoms with Crippen LogP contribution >= 0.6 is 12.4 Å². The van der Waals surface area contributed by atoms with E-state index in [1.165, 1.54) is 0 Å². The number of carbonyl (C=O) groups is 2. The highest BCUT2D eigenvalue weighted by atomic mass is 35.5. The molecule has 2 rings (SSSR count). The predicted molar refractivity (Wildman–Crippen MR) is 103 cm³/mol. The van der Waals surface area contributed by atoms with E-state index in [0.29, 0.717) is 13.2 Å². The molecule has 8 heteroatoms. The second-order valence-electron chi connectivity index (χ2n) is 6.32. The third-order valence-electron chi connectivity index (χ3n) is 4.38. The van der Waals surface area contributed by atoms with Gasteiger partial charge in [0.25, 0.3) is 0 Å². The highest BCUT2D eigenvalue weighted by molar-refractivity contribution is 5.92. The van der Waals surface area contributed by atoms with E-state index < -0.39 is 5.97 Å². The van der Waals surface area contributed by atoms with Crippen LogP contribution in [0.1, 0.15) is 19.8 Å². The summed E-state index contributed by atoms with van der Waals surface area (Å²) in [7, 11) is 1.84. The van der Waals surface area contributed by atoms with Gasteiger partial charge in [-0.2, -0.15) is 0 Å². The fourth-order valence-electron chi connectivity index (χ4n) is 3.07. The molecule has 1 aliphatic heterocycles. The molecular weight excluding hydrogens is 358 g/mol. The standard InChI is InChI=1S/C18H27N3O4.ClH/c1-3-25-16-6-4-14(5-7-16)19-17(22)12-21-10-8-15(9-11-21)20(2)13-18(23)24;/h4-7,15H,3,8-13H2,1-2H3,(H,19,22)(H,23,24);1H. The quantitative estimate of drug-likeness (QED) is 0.711. The summed E-state index contributed by atoms with van der Waals surface area (Å²) in [6, 6.07) is 7.60. The van der Waals surface area contributed by atoms with Crippen LogP contribution in [0.4, 0.5) is 5.69 Å². The first kappa shape index (κ1) is 22.2. The molecule has 0 aliphatic carbocycles.